The van der Waals surface area contributed by atoms with Gasteiger partial charge in [-0.05, 0) is 44.9 Å². The third-order valence-electron chi connectivity index (χ3n) is 9.52. The molecule has 0 bridgehead atoms. The quantitative estimate of drug-likeness (QED) is 0.0217. The highest BCUT2D eigenvalue weighted by Crippen LogP contribution is 2.43. The maximum Gasteiger partial charge on any atom is 0.472 e. The summed E-state index contributed by atoms with van der Waals surface area (Å²) in [5.41, 5.74) is 0. The largest absolute Gasteiger partial charge is 0.472 e. The molecule has 0 aromatic rings. The number of carbonyl (C=O) groups excluding carboxylic acids is 1. The topological polar surface area (TPSA) is 91.3 Å². The second kappa shape index (κ2) is 37.9. The lowest BCUT2D eigenvalue weighted by atomic mass is 10.0. The first-order valence-electron chi connectivity index (χ1n) is 22.1. The van der Waals surface area contributed by atoms with Crippen LogP contribution in [0.15, 0.2) is 24.3 Å². The van der Waals surface area contributed by atoms with E-state index < -0.39 is 13.9 Å². The van der Waals surface area contributed by atoms with E-state index in [1.807, 2.05) is 21.1 Å². The van der Waals surface area contributed by atoms with E-state index in [2.05, 4.69) is 38.2 Å². The summed E-state index contributed by atoms with van der Waals surface area (Å²) in [6.45, 7) is 5.60. The Balaban J connectivity index is 4.21. The van der Waals surface area contributed by atoms with Crippen molar-refractivity contribution in [1.82, 2.24) is 0 Å². The normalized spacial score (nSPS) is 14.0. The molecule has 0 saturated carbocycles. The molecule has 0 fully saturated rings. The SMILES string of the molecule is CCCCC/C=C\C/C=C\CCCCCCCCCCOCC(COP(=O)(O)OCC[N+](C)(C)C)OC(=O)CCCCCCCCCCCCCCC. The Labute approximate surface area is 328 Å². The Kier molecular flexibility index (Phi) is 37.2. The molecule has 1 N–H and O–H groups in total. The molecule has 0 aromatic heterocycles. The van der Waals surface area contributed by atoms with Gasteiger partial charge in [0.1, 0.15) is 19.3 Å². The molecule has 8 nitrogen and oxygen atoms in total. The number of phosphoric acid groups is 1. The lowest BCUT2D eigenvalue weighted by molar-refractivity contribution is -0.870. The maximum atomic E-state index is 12.7. The zero-order chi connectivity index (χ0) is 39.1. The van der Waals surface area contributed by atoms with Gasteiger partial charge in [0.25, 0.3) is 0 Å². The van der Waals surface area contributed by atoms with Gasteiger partial charge in [-0.25, -0.2) is 4.57 Å². The number of rotatable bonds is 41. The average Bonchev–Trinajstić information content (AvgIpc) is 3.11. The second-order valence-corrected chi connectivity index (χ2v) is 17.5. The van der Waals surface area contributed by atoms with E-state index in [-0.39, 0.29) is 25.8 Å². The van der Waals surface area contributed by atoms with Crippen LogP contribution in [0.3, 0.4) is 0 Å². The Morgan fingerprint density at radius 2 is 1.04 bits per heavy atom. The van der Waals surface area contributed by atoms with Crippen molar-refractivity contribution in [3.63, 3.8) is 0 Å². The molecule has 0 saturated heterocycles. The molecule has 0 amide bonds. The lowest BCUT2D eigenvalue weighted by Crippen LogP contribution is -2.37. The molecule has 314 valence electrons. The Bertz CT molecular complexity index is 905. The van der Waals surface area contributed by atoms with Gasteiger partial charge in [0.05, 0.1) is 34.4 Å². The van der Waals surface area contributed by atoms with Gasteiger partial charge in [0.2, 0.25) is 0 Å². The van der Waals surface area contributed by atoms with E-state index in [4.69, 9.17) is 18.5 Å². The number of quaternary nitrogens is 1. The zero-order valence-corrected chi connectivity index (χ0v) is 36.4. The third-order valence-corrected chi connectivity index (χ3v) is 10.5. The van der Waals surface area contributed by atoms with Crippen LogP contribution in [0.2, 0.25) is 0 Å². The smallest absolute Gasteiger partial charge is 0.457 e. The highest BCUT2D eigenvalue weighted by Gasteiger charge is 2.26. The van der Waals surface area contributed by atoms with Crippen LogP contribution >= 0.6 is 7.82 Å². The van der Waals surface area contributed by atoms with E-state index in [1.165, 1.54) is 135 Å². The second-order valence-electron chi connectivity index (χ2n) is 16.1. The summed E-state index contributed by atoms with van der Waals surface area (Å²) >= 11 is 0. The van der Waals surface area contributed by atoms with Crippen molar-refractivity contribution in [1.29, 1.82) is 0 Å². The van der Waals surface area contributed by atoms with Gasteiger partial charge in [-0.1, -0.05) is 167 Å². The standard InChI is InChI=1S/C44H86NO7P/c1-6-8-10-12-14-16-18-20-21-22-23-24-26-28-30-32-34-36-39-49-41-43(42-51-53(47,48)50-40-38-45(3,4)5)52-44(46)37-35-33-31-29-27-25-19-17-15-13-11-9-7-2/h14,16,20-21,43H,6-13,15,17-19,22-42H2,1-5H3/p+1/b16-14-,21-20-. The average molecular weight is 773 g/mol. The minimum absolute atomic E-state index is 0.0893. The van der Waals surface area contributed by atoms with Gasteiger partial charge >= 0.3 is 13.8 Å². The molecular weight excluding hydrogens is 685 g/mol. The van der Waals surface area contributed by atoms with Gasteiger partial charge in [-0.2, -0.15) is 0 Å². The number of ether oxygens (including phenoxy) is 2. The van der Waals surface area contributed by atoms with E-state index >= 15 is 0 Å². The summed E-state index contributed by atoms with van der Waals surface area (Å²) in [6.07, 6.45) is 42.0. The van der Waals surface area contributed by atoms with Crippen molar-refractivity contribution in [2.45, 2.75) is 200 Å². The number of likely N-dealkylation sites (N-methyl/N-ethyl adjacent to an activating group) is 1. The monoisotopic (exact) mass is 773 g/mol. The summed E-state index contributed by atoms with van der Waals surface area (Å²) in [4.78, 5) is 22.9. The van der Waals surface area contributed by atoms with Crippen LogP contribution in [0.5, 0.6) is 0 Å². The fourth-order valence-electron chi connectivity index (χ4n) is 6.05. The minimum atomic E-state index is -4.27. The predicted molar refractivity (Wildman–Crippen MR) is 224 cm³/mol. The number of esters is 1. The Morgan fingerprint density at radius 3 is 1.57 bits per heavy atom. The van der Waals surface area contributed by atoms with Crippen molar-refractivity contribution in [3.8, 4) is 0 Å². The van der Waals surface area contributed by atoms with E-state index in [0.29, 0.717) is 24.1 Å². The zero-order valence-electron chi connectivity index (χ0n) is 35.5. The van der Waals surface area contributed by atoms with Crippen molar-refractivity contribution in [3.05, 3.63) is 24.3 Å². The molecule has 9 heteroatoms. The lowest BCUT2D eigenvalue weighted by Gasteiger charge is -2.24. The van der Waals surface area contributed by atoms with Crippen molar-refractivity contribution < 1.29 is 37.3 Å². The molecule has 53 heavy (non-hydrogen) atoms. The van der Waals surface area contributed by atoms with Gasteiger partial charge in [-0.15, -0.1) is 0 Å². The van der Waals surface area contributed by atoms with Gasteiger partial charge in [0.15, 0.2) is 0 Å². The summed E-state index contributed by atoms with van der Waals surface area (Å²) in [5, 5.41) is 0. The predicted octanol–water partition coefficient (Wildman–Crippen LogP) is 12.8. The summed E-state index contributed by atoms with van der Waals surface area (Å²) < 4.78 is 35.0. The number of allylic oxidation sites excluding steroid dienone is 4. The number of hydrogen-bond donors (Lipinski definition) is 1. The van der Waals surface area contributed by atoms with Crippen LogP contribution in [-0.4, -0.2) is 75.6 Å². The first kappa shape index (κ1) is 52.0. The van der Waals surface area contributed by atoms with Gasteiger partial charge < -0.3 is 18.9 Å². The van der Waals surface area contributed by atoms with Crippen LogP contribution < -0.4 is 0 Å². The highest BCUT2D eigenvalue weighted by atomic mass is 31.2. The van der Waals surface area contributed by atoms with E-state index in [9.17, 15) is 14.3 Å². The van der Waals surface area contributed by atoms with Crippen LogP contribution in [-0.2, 0) is 27.9 Å². The van der Waals surface area contributed by atoms with Gasteiger partial charge in [-0.3, -0.25) is 13.8 Å². The van der Waals surface area contributed by atoms with Crippen LogP contribution in [0, 0.1) is 0 Å². The molecular formula is C44H87NO7P+. The Hall–Kier alpha value is -1.02. The minimum Gasteiger partial charge on any atom is -0.457 e. The third kappa shape index (κ3) is 42.0. The summed E-state index contributed by atoms with van der Waals surface area (Å²) in [5.74, 6) is -0.315. The van der Waals surface area contributed by atoms with Crippen LogP contribution in [0.4, 0.5) is 0 Å². The molecule has 0 radical (unpaired) electrons. The number of carbonyl (C=O) groups is 1. The molecule has 0 rings (SSSR count). The highest BCUT2D eigenvalue weighted by molar-refractivity contribution is 7.47. The number of nitrogens with zero attached hydrogens (tertiary/aromatic N) is 1. The molecule has 0 aliphatic carbocycles. The number of hydrogen-bond acceptors (Lipinski definition) is 6. The van der Waals surface area contributed by atoms with Crippen molar-refractivity contribution in [2.24, 2.45) is 0 Å². The summed E-state index contributed by atoms with van der Waals surface area (Å²) in [7, 11) is 1.67. The van der Waals surface area contributed by atoms with Crippen LogP contribution in [0.1, 0.15) is 194 Å². The van der Waals surface area contributed by atoms with Crippen molar-refractivity contribution in [2.75, 3.05) is 54.1 Å². The molecule has 0 heterocycles. The first-order chi connectivity index (χ1) is 25.6. The van der Waals surface area contributed by atoms with E-state index in [1.54, 1.807) is 0 Å². The maximum absolute atomic E-state index is 12.7. The van der Waals surface area contributed by atoms with Gasteiger partial charge in [0, 0.05) is 13.0 Å². The molecule has 2 atom stereocenters. The molecule has 2 unspecified atom stereocenters. The fraction of sp³-hybridized carbons (Fsp3) is 0.886. The number of phosphoric ester groups is 1. The van der Waals surface area contributed by atoms with E-state index in [0.717, 1.165) is 38.5 Å². The molecule has 0 spiro atoms. The molecule has 0 aliphatic rings. The Morgan fingerprint density at radius 1 is 0.585 bits per heavy atom. The molecule has 0 aliphatic heterocycles. The fourth-order valence-corrected chi connectivity index (χ4v) is 6.79. The van der Waals surface area contributed by atoms with Crippen molar-refractivity contribution >= 4 is 13.8 Å². The van der Waals surface area contributed by atoms with Crippen LogP contribution in [0.25, 0.3) is 0 Å². The molecule has 0 aromatic carbocycles. The number of unbranched alkanes of at least 4 members (excludes halogenated alkanes) is 23. The first-order valence-corrected chi connectivity index (χ1v) is 23.6. The summed E-state index contributed by atoms with van der Waals surface area (Å²) in [6, 6.07) is 0.